The zero-order valence-electron chi connectivity index (χ0n) is 9.75. The fraction of sp³-hybridized carbons (Fsp3) is 0.250. The summed E-state index contributed by atoms with van der Waals surface area (Å²) in [5.74, 6) is 0.310. The summed E-state index contributed by atoms with van der Waals surface area (Å²) in [5.41, 5.74) is 0.675. The highest BCUT2D eigenvalue weighted by Crippen LogP contribution is 2.31. The van der Waals surface area contributed by atoms with Gasteiger partial charge in [-0.1, -0.05) is 18.5 Å². The lowest BCUT2D eigenvalue weighted by atomic mass is 10.3. The molecule has 3 nitrogen and oxygen atoms in total. The number of nitrogens with zero attached hydrogens (tertiary/aromatic N) is 2. The van der Waals surface area contributed by atoms with Crippen molar-refractivity contribution in [2.45, 2.75) is 13.3 Å². The molecule has 1 heterocycles. The molecule has 2 aromatic rings. The number of nitrogens with one attached hydrogen (secondary N) is 1. The number of hydrogen-bond acceptors (Lipinski definition) is 2. The summed E-state index contributed by atoms with van der Waals surface area (Å²) in [5, 5.41) is 3.52. The zero-order valence-corrected chi connectivity index (χ0v) is 12.1. The second-order valence-electron chi connectivity index (χ2n) is 3.77. The summed E-state index contributed by atoms with van der Waals surface area (Å²) >= 11 is 9.41. The molecule has 0 spiro atoms. The van der Waals surface area contributed by atoms with Gasteiger partial charge in [-0.2, -0.15) is 0 Å². The molecule has 0 aliphatic carbocycles. The normalized spacial score (nSPS) is 10.7. The number of rotatable bonds is 4. The molecule has 0 fully saturated rings. The summed E-state index contributed by atoms with van der Waals surface area (Å²) < 4.78 is 15.6. The van der Waals surface area contributed by atoms with Crippen LogP contribution in [-0.2, 0) is 0 Å². The minimum atomic E-state index is -0.376. The van der Waals surface area contributed by atoms with Crippen LogP contribution in [0, 0.1) is 5.82 Å². The summed E-state index contributed by atoms with van der Waals surface area (Å²) in [6.07, 6.45) is 4.44. The Kier molecular flexibility index (Phi) is 4.24. The largest absolute Gasteiger partial charge is 0.355 e. The average molecular weight is 333 g/mol. The van der Waals surface area contributed by atoms with Crippen LogP contribution < -0.4 is 5.32 Å². The van der Waals surface area contributed by atoms with Crippen LogP contribution in [0.2, 0.25) is 5.02 Å². The van der Waals surface area contributed by atoms with Crippen molar-refractivity contribution in [3.8, 4) is 5.69 Å². The van der Waals surface area contributed by atoms with Gasteiger partial charge in [-0.05, 0) is 34.5 Å². The smallest absolute Gasteiger partial charge is 0.207 e. The SMILES string of the molecule is CCCNc1nccn1-c1c(Cl)cc(F)cc1Br. The predicted octanol–water partition coefficient (Wildman–Crippen LogP) is 4.25. The van der Waals surface area contributed by atoms with E-state index in [-0.39, 0.29) is 5.82 Å². The molecule has 0 bridgehead atoms. The van der Waals surface area contributed by atoms with Crippen LogP contribution in [0.5, 0.6) is 0 Å². The van der Waals surface area contributed by atoms with Crippen molar-refractivity contribution in [3.63, 3.8) is 0 Å². The van der Waals surface area contributed by atoms with Gasteiger partial charge in [0.25, 0.3) is 0 Å². The maximum Gasteiger partial charge on any atom is 0.207 e. The zero-order chi connectivity index (χ0) is 13.1. The van der Waals surface area contributed by atoms with E-state index >= 15 is 0 Å². The van der Waals surface area contributed by atoms with Crippen molar-refractivity contribution in [2.24, 2.45) is 0 Å². The Bertz CT molecular complexity index is 533. The van der Waals surface area contributed by atoms with Crippen LogP contribution in [0.4, 0.5) is 10.3 Å². The summed E-state index contributed by atoms with van der Waals surface area (Å²) in [7, 11) is 0. The Morgan fingerprint density at radius 3 is 2.94 bits per heavy atom. The number of aromatic nitrogens is 2. The van der Waals surface area contributed by atoms with E-state index in [2.05, 4.69) is 33.2 Å². The van der Waals surface area contributed by atoms with Crippen molar-refractivity contribution in [1.29, 1.82) is 0 Å². The monoisotopic (exact) mass is 331 g/mol. The highest BCUT2D eigenvalue weighted by molar-refractivity contribution is 9.10. The molecule has 0 unspecified atom stereocenters. The van der Waals surface area contributed by atoms with E-state index in [1.54, 1.807) is 17.0 Å². The van der Waals surface area contributed by atoms with Gasteiger partial charge in [-0.3, -0.25) is 4.57 Å². The molecule has 0 aliphatic rings. The Balaban J connectivity index is 2.46. The first kappa shape index (κ1) is 13.4. The van der Waals surface area contributed by atoms with Crippen LogP contribution >= 0.6 is 27.5 Å². The lowest BCUT2D eigenvalue weighted by Crippen LogP contribution is -2.07. The fourth-order valence-corrected chi connectivity index (χ4v) is 2.65. The lowest BCUT2D eigenvalue weighted by molar-refractivity contribution is 0.626. The van der Waals surface area contributed by atoms with Gasteiger partial charge in [0.05, 0.1) is 10.7 Å². The predicted molar refractivity (Wildman–Crippen MR) is 75.0 cm³/mol. The Labute approximate surface area is 118 Å². The van der Waals surface area contributed by atoms with Gasteiger partial charge < -0.3 is 5.32 Å². The van der Waals surface area contributed by atoms with E-state index in [9.17, 15) is 4.39 Å². The molecule has 0 saturated carbocycles. The second-order valence-corrected chi connectivity index (χ2v) is 5.03. The fourth-order valence-electron chi connectivity index (χ4n) is 1.62. The highest BCUT2D eigenvalue weighted by atomic mass is 79.9. The van der Waals surface area contributed by atoms with Gasteiger partial charge in [0.2, 0.25) is 5.95 Å². The molecular weight excluding hydrogens is 321 g/mol. The molecule has 2 rings (SSSR count). The third kappa shape index (κ3) is 2.67. The van der Waals surface area contributed by atoms with Gasteiger partial charge in [-0.15, -0.1) is 0 Å². The molecule has 0 atom stereocenters. The van der Waals surface area contributed by atoms with E-state index < -0.39 is 0 Å². The van der Waals surface area contributed by atoms with Crippen molar-refractivity contribution < 1.29 is 4.39 Å². The molecule has 0 saturated heterocycles. The lowest BCUT2D eigenvalue weighted by Gasteiger charge is -2.12. The quantitative estimate of drug-likeness (QED) is 0.907. The Hall–Kier alpha value is -1.07. The molecule has 18 heavy (non-hydrogen) atoms. The molecule has 96 valence electrons. The molecule has 0 aliphatic heterocycles. The first-order valence-electron chi connectivity index (χ1n) is 5.55. The first-order valence-corrected chi connectivity index (χ1v) is 6.72. The molecule has 0 radical (unpaired) electrons. The van der Waals surface area contributed by atoms with E-state index in [4.69, 9.17) is 11.6 Å². The van der Waals surface area contributed by atoms with Crippen molar-refractivity contribution in [3.05, 3.63) is 39.8 Å². The topological polar surface area (TPSA) is 29.9 Å². The van der Waals surface area contributed by atoms with Gasteiger partial charge in [0.1, 0.15) is 5.82 Å². The molecule has 1 aromatic heterocycles. The van der Waals surface area contributed by atoms with E-state index in [1.165, 1.54) is 12.1 Å². The minimum absolute atomic E-state index is 0.333. The van der Waals surface area contributed by atoms with Gasteiger partial charge in [0.15, 0.2) is 0 Å². The highest BCUT2D eigenvalue weighted by Gasteiger charge is 2.13. The van der Waals surface area contributed by atoms with Crippen LogP contribution in [-0.4, -0.2) is 16.1 Å². The Morgan fingerprint density at radius 2 is 2.28 bits per heavy atom. The summed E-state index contributed by atoms with van der Waals surface area (Å²) in [6, 6.07) is 2.66. The van der Waals surface area contributed by atoms with Crippen LogP contribution in [0.3, 0.4) is 0 Å². The number of benzene rings is 1. The summed E-state index contributed by atoms with van der Waals surface area (Å²) in [4.78, 5) is 4.21. The third-order valence-electron chi connectivity index (χ3n) is 2.40. The molecular formula is C12H12BrClFN3. The molecule has 6 heteroatoms. The molecule has 1 N–H and O–H groups in total. The number of halogens is 3. The third-order valence-corrected chi connectivity index (χ3v) is 3.29. The second kappa shape index (κ2) is 5.71. The van der Waals surface area contributed by atoms with Crippen molar-refractivity contribution >= 4 is 33.5 Å². The molecule has 1 aromatic carbocycles. The van der Waals surface area contributed by atoms with Crippen molar-refractivity contribution in [1.82, 2.24) is 9.55 Å². The van der Waals surface area contributed by atoms with Gasteiger partial charge in [0, 0.05) is 23.4 Å². The van der Waals surface area contributed by atoms with E-state index in [1.807, 2.05) is 0 Å². The van der Waals surface area contributed by atoms with E-state index in [0.717, 1.165) is 13.0 Å². The maximum absolute atomic E-state index is 13.2. The van der Waals surface area contributed by atoms with Crippen LogP contribution in [0.1, 0.15) is 13.3 Å². The van der Waals surface area contributed by atoms with Gasteiger partial charge in [-0.25, -0.2) is 9.37 Å². The minimum Gasteiger partial charge on any atom is -0.355 e. The Morgan fingerprint density at radius 1 is 1.50 bits per heavy atom. The van der Waals surface area contributed by atoms with Crippen molar-refractivity contribution in [2.75, 3.05) is 11.9 Å². The van der Waals surface area contributed by atoms with E-state index in [0.29, 0.717) is 21.1 Å². The summed E-state index contributed by atoms with van der Waals surface area (Å²) in [6.45, 7) is 2.88. The number of anilines is 1. The molecule has 0 amide bonds. The first-order chi connectivity index (χ1) is 8.63. The average Bonchev–Trinajstić information content (AvgIpc) is 2.73. The number of hydrogen-bond donors (Lipinski definition) is 1. The number of imidazole rings is 1. The maximum atomic E-state index is 13.2. The van der Waals surface area contributed by atoms with Crippen LogP contribution in [0.25, 0.3) is 5.69 Å². The standard InChI is InChI=1S/C12H12BrClFN3/c1-2-3-16-12-17-4-5-18(12)11-9(13)6-8(15)7-10(11)14/h4-7H,2-3H2,1H3,(H,16,17). The van der Waals surface area contributed by atoms with Gasteiger partial charge >= 0.3 is 0 Å². The van der Waals surface area contributed by atoms with Crippen LogP contribution in [0.15, 0.2) is 29.0 Å².